The highest BCUT2D eigenvalue weighted by molar-refractivity contribution is 6.03. The Bertz CT molecular complexity index is 860. The zero-order chi connectivity index (χ0) is 19.7. The number of nitrogens with zero attached hydrogens (tertiary/aromatic N) is 4. The number of piperazine rings is 1. The van der Waals surface area contributed by atoms with Gasteiger partial charge in [0.1, 0.15) is 11.6 Å². The van der Waals surface area contributed by atoms with Crippen molar-refractivity contribution >= 4 is 23.2 Å². The summed E-state index contributed by atoms with van der Waals surface area (Å²) in [5, 5.41) is 3.35. The summed E-state index contributed by atoms with van der Waals surface area (Å²) in [6.07, 6.45) is 1.35. The number of carbonyl (C=O) groups excluding carboxylic acids is 1. The Balaban J connectivity index is 1.70. The number of likely N-dealkylation sites (N-methyl/N-ethyl adjacent to an activating group) is 1. The van der Waals surface area contributed by atoms with Gasteiger partial charge in [-0.1, -0.05) is 6.92 Å². The molecule has 0 bridgehead atoms. The smallest absolute Gasteiger partial charge is 0.227 e. The summed E-state index contributed by atoms with van der Waals surface area (Å²) in [6, 6.07) is 7.64. The first-order chi connectivity index (χ1) is 13.5. The molecule has 1 saturated heterocycles. The van der Waals surface area contributed by atoms with Gasteiger partial charge in [0.25, 0.3) is 0 Å². The summed E-state index contributed by atoms with van der Waals surface area (Å²) in [7, 11) is 3.77. The second kappa shape index (κ2) is 7.75. The number of nitrogens with one attached hydrogen (secondary N) is 1. The first-order valence-corrected chi connectivity index (χ1v) is 9.82. The molecule has 1 aromatic heterocycles. The number of aromatic nitrogens is 2. The molecule has 7 nitrogen and oxygen atoms in total. The molecule has 1 N–H and O–H groups in total. The van der Waals surface area contributed by atoms with Gasteiger partial charge in [0.05, 0.1) is 18.4 Å². The van der Waals surface area contributed by atoms with Gasteiger partial charge in [0, 0.05) is 38.3 Å². The number of anilines is 3. The Labute approximate surface area is 165 Å². The molecule has 1 atom stereocenters. The van der Waals surface area contributed by atoms with Gasteiger partial charge in [0.15, 0.2) is 5.78 Å². The molecule has 2 aliphatic rings. The molecule has 7 heteroatoms. The highest BCUT2D eigenvalue weighted by Crippen LogP contribution is 2.32. The summed E-state index contributed by atoms with van der Waals surface area (Å²) in [5.74, 6) is 2.54. The van der Waals surface area contributed by atoms with Gasteiger partial charge >= 0.3 is 0 Å². The molecule has 1 aliphatic carbocycles. The number of ketones is 1. The molecular weight excluding hydrogens is 354 g/mol. The van der Waals surface area contributed by atoms with Crippen molar-refractivity contribution in [1.82, 2.24) is 14.9 Å². The van der Waals surface area contributed by atoms with Crippen molar-refractivity contribution in [2.75, 3.05) is 50.6 Å². The number of rotatable bonds is 4. The molecule has 1 aromatic carbocycles. The number of hydrogen-bond acceptors (Lipinski definition) is 7. The van der Waals surface area contributed by atoms with Crippen LogP contribution in [0.2, 0.25) is 0 Å². The lowest BCUT2D eigenvalue weighted by Gasteiger charge is -2.33. The molecule has 1 fully saturated rings. The average Bonchev–Trinajstić information content (AvgIpc) is 2.68. The Hall–Kier alpha value is -2.67. The minimum atomic E-state index is 0.120. The van der Waals surface area contributed by atoms with E-state index in [1.165, 1.54) is 0 Å². The van der Waals surface area contributed by atoms with Gasteiger partial charge in [0.2, 0.25) is 5.95 Å². The van der Waals surface area contributed by atoms with E-state index in [2.05, 4.69) is 29.1 Å². The maximum Gasteiger partial charge on any atom is 0.227 e. The van der Waals surface area contributed by atoms with Crippen molar-refractivity contribution in [3.8, 4) is 5.75 Å². The normalized spacial score (nSPS) is 20.0. The number of methoxy groups -OCH3 is 1. The van der Waals surface area contributed by atoms with Crippen LogP contribution in [-0.4, -0.2) is 61.0 Å². The zero-order valence-corrected chi connectivity index (χ0v) is 16.7. The van der Waals surface area contributed by atoms with Crippen LogP contribution in [0.4, 0.5) is 17.5 Å². The van der Waals surface area contributed by atoms with E-state index in [-0.39, 0.29) is 5.78 Å². The monoisotopic (exact) mass is 381 g/mol. The van der Waals surface area contributed by atoms with Crippen LogP contribution in [0.25, 0.3) is 0 Å². The maximum absolute atomic E-state index is 12.8. The Kier molecular flexibility index (Phi) is 5.17. The fraction of sp³-hybridized carbons (Fsp3) is 0.476. The molecule has 0 spiro atoms. The molecule has 28 heavy (non-hydrogen) atoms. The van der Waals surface area contributed by atoms with Crippen LogP contribution in [0, 0.1) is 5.92 Å². The number of fused-ring (bicyclic) bond motifs is 1. The second-order valence-corrected chi connectivity index (χ2v) is 7.77. The molecule has 0 saturated carbocycles. The molecule has 0 amide bonds. The molecule has 0 radical (unpaired) electrons. The van der Waals surface area contributed by atoms with Crippen LogP contribution in [0.5, 0.6) is 5.75 Å². The maximum atomic E-state index is 12.8. The van der Waals surface area contributed by atoms with Gasteiger partial charge in [-0.25, -0.2) is 4.98 Å². The predicted octanol–water partition coefficient (Wildman–Crippen LogP) is 2.75. The summed E-state index contributed by atoms with van der Waals surface area (Å²) in [4.78, 5) is 26.9. The van der Waals surface area contributed by atoms with E-state index >= 15 is 0 Å². The van der Waals surface area contributed by atoms with E-state index in [0.29, 0.717) is 29.7 Å². The number of hydrogen-bond donors (Lipinski definition) is 1. The SMILES string of the molecule is COc1ccc(Nc2nc(N3CCN(C)CC3)nc3c2C(=O)C[C@@H](C)C3)cc1. The number of benzene rings is 1. The minimum Gasteiger partial charge on any atom is -0.497 e. The van der Waals surface area contributed by atoms with Crippen LogP contribution < -0.4 is 15.0 Å². The van der Waals surface area contributed by atoms with Crippen molar-refractivity contribution in [3.05, 3.63) is 35.5 Å². The first-order valence-electron chi connectivity index (χ1n) is 9.82. The van der Waals surface area contributed by atoms with E-state index in [4.69, 9.17) is 14.7 Å². The van der Waals surface area contributed by atoms with Crippen LogP contribution >= 0.6 is 0 Å². The van der Waals surface area contributed by atoms with Crippen LogP contribution in [-0.2, 0) is 6.42 Å². The number of ether oxygens (including phenoxy) is 1. The highest BCUT2D eigenvalue weighted by Gasteiger charge is 2.29. The van der Waals surface area contributed by atoms with Gasteiger partial charge in [-0.05, 0) is 43.7 Å². The number of carbonyl (C=O) groups is 1. The van der Waals surface area contributed by atoms with Gasteiger partial charge in [-0.15, -0.1) is 0 Å². The Morgan fingerprint density at radius 1 is 1.07 bits per heavy atom. The summed E-state index contributed by atoms with van der Waals surface area (Å²) in [6.45, 7) is 5.85. The number of Topliss-reactive ketones (excluding diaryl/α,β-unsaturated/α-hetero) is 1. The third kappa shape index (κ3) is 3.80. The first kappa shape index (κ1) is 18.7. The standard InChI is InChI=1S/C21H27N5O2/c1-14-12-17-19(18(27)13-14)20(22-15-4-6-16(28-3)7-5-15)24-21(23-17)26-10-8-25(2)9-11-26/h4-7,14H,8-13H2,1-3H3,(H,22,23,24)/t14-/m0/s1. The third-order valence-corrected chi connectivity index (χ3v) is 5.47. The highest BCUT2D eigenvalue weighted by atomic mass is 16.5. The van der Waals surface area contributed by atoms with E-state index < -0.39 is 0 Å². The van der Waals surface area contributed by atoms with Crippen LogP contribution in [0.15, 0.2) is 24.3 Å². The van der Waals surface area contributed by atoms with Gasteiger partial charge in [-0.2, -0.15) is 4.98 Å². The average molecular weight is 381 g/mol. The minimum absolute atomic E-state index is 0.120. The third-order valence-electron chi connectivity index (χ3n) is 5.47. The van der Waals surface area contributed by atoms with Gasteiger partial charge in [-0.3, -0.25) is 4.79 Å². The largest absolute Gasteiger partial charge is 0.497 e. The molecule has 4 rings (SSSR count). The van der Waals surface area contributed by atoms with Gasteiger partial charge < -0.3 is 19.9 Å². The van der Waals surface area contributed by atoms with Crippen LogP contribution in [0.3, 0.4) is 0 Å². The van der Waals surface area contributed by atoms with Crippen molar-refractivity contribution in [1.29, 1.82) is 0 Å². The van der Waals surface area contributed by atoms with Crippen LogP contribution in [0.1, 0.15) is 29.4 Å². The molecule has 1 aliphatic heterocycles. The van der Waals surface area contributed by atoms with E-state index in [0.717, 1.165) is 49.7 Å². The summed E-state index contributed by atoms with van der Waals surface area (Å²) >= 11 is 0. The van der Waals surface area contributed by atoms with Crippen molar-refractivity contribution in [2.45, 2.75) is 19.8 Å². The summed E-state index contributed by atoms with van der Waals surface area (Å²) in [5.41, 5.74) is 2.38. The zero-order valence-electron chi connectivity index (χ0n) is 16.7. The van der Waals surface area contributed by atoms with Crippen molar-refractivity contribution in [3.63, 3.8) is 0 Å². The summed E-state index contributed by atoms with van der Waals surface area (Å²) < 4.78 is 5.23. The van der Waals surface area contributed by atoms with Crippen molar-refractivity contribution in [2.24, 2.45) is 5.92 Å². The lowest BCUT2D eigenvalue weighted by atomic mass is 9.87. The molecule has 0 unspecified atom stereocenters. The molecule has 148 valence electrons. The molecular formula is C21H27N5O2. The second-order valence-electron chi connectivity index (χ2n) is 7.77. The quantitative estimate of drug-likeness (QED) is 0.873. The lowest BCUT2D eigenvalue weighted by molar-refractivity contribution is 0.0952. The fourth-order valence-electron chi connectivity index (χ4n) is 3.81. The Morgan fingerprint density at radius 2 is 1.79 bits per heavy atom. The molecule has 2 heterocycles. The van der Waals surface area contributed by atoms with E-state index in [1.54, 1.807) is 7.11 Å². The fourth-order valence-corrected chi connectivity index (χ4v) is 3.81. The lowest BCUT2D eigenvalue weighted by Crippen LogP contribution is -2.45. The van der Waals surface area contributed by atoms with E-state index in [9.17, 15) is 4.79 Å². The predicted molar refractivity (Wildman–Crippen MR) is 110 cm³/mol. The van der Waals surface area contributed by atoms with E-state index in [1.807, 2.05) is 24.3 Å². The topological polar surface area (TPSA) is 70.6 Å². The van der Waals surface area contributed by atoms with Crippen molar-refractivity contribution < 1.29 is 9.53 Å². The Morgan fingerprint density at radius 3 is 2.46 bits per heavy atom. The molecule has 2 aromatic rings.